The summed E-state index contributed by atoms with van der Waals surface area (Å²) in [6, 6.07) is 15.3. The van der Waals surface area contributed by atoms with Gasteiger partial charge in [0.25, 0.3) is 0 Å². The van der Waals surface area contributed by atoms with E-state index in [1.165, 1.54) is 89.0 Å². The molecular formula is C35H50O3. The number of unbranched alkanes of at least 4 members (excludes halogenated alkanes) is 7. The van der Waals surface area contributed by atoms with Gasteiger partial charge in [-0.1, -0.05) is 95.8 Å². The monoisotopic (exact) mass is 518 g/mol. The molecule has 2 aromatic carbocycles. The van der Waals surface area contributed by atoms with E-state index >= 15 is 0 Å². The molecule has 0 aromatic heterocycles. The lowest BCUT2D eigenvalue weighted by molar-refractivity contribution is 0.0734. The van der Waals surface area contributed by atoms with Gasteiger partial charge >= 0.3 is 5.97 Å². The second kappa shape index (κ2) is 17.9. The highest BCUT2D eigenvalue weighted by Crippen LogP contribution is 2.34. The predicted octanol–water partition coefficient (Wildman–Crippen LogP) is 10.1. The third kappa shape index (κ3) is 11.5. The van der Waals surface area contributed by atoms with Crippen LogP contribution in [0.2, 0.25) is 0 Å². The average Bonchev–Trinajstić information content (AvgIpc) is 2.95. The molecule has 2 aromatic rings. The van der Waals surface area contributed by atoms with Crippen LogP contribution >= 0.6 is 0 Å². The summed E-state index contributed by atoms with van der Waals surface area (Å²) in [5, 5.41) is 0. The van der Waals surface area contributed by atoms with Crippen LogP contribution in [0.25, 0.3) is 0 Å². The third-order valence-electron chi connectivity index (χ3n) is 8.07. The Morgan fingerprint density at radius 2 is 1.42 bits per heavy atom. The summed E-state index contributed by atoms with van der Waals surface area (Å²) in [6.45, 7) is 6.76. The first-order valence-corrected chi connectivity index (χ1v) is 15.3. The molecular weight excluding hydrogens is 468 g/mol. The fourth-order valence-corrected chi connectivity index (χ4v) is 5.55. The Hall–Kier alpha value is -2.55. The highest BCUT2D eigenvalue weighted by atomic mass is 16.5. The van der Waals surface area contributed by atoms with Crippen LogP contribution in [0.3, 0.4) is 0 Å². The van der Waals surface area contributed by atoms with E-state index < -0.39 is 0 Å². The van der Waals surface area contributed by atoms with E-state index in [4.69, 9.17) is 9.47 Å². The Bertz CT molecular complexity index is 907. The van der Waals surface area contributed by atoms with Crippen molar-refractivity contribution in [2.75, 3.05) is 6.61 Å². The fourth-order valence-electron chi connectivity index (χ4n) is 5.55. The molecule has 0 amide bonds. The molecule has 0 spiro atoms. The van der Waals surface area contributed by atoms with Gasteiger partial charge in [-0.05, 0) is 85.9 Å². The quantitative estimate of drug-likeness (QED) is 0.0852. The largest absolute Gasteiger partial charge is 0.494 e. The van der Waals surface area contributed by atoms with E-state index in [1.54, 1.807) is 12.1 Å². The number of hydrogen-bond acceptors (Lipinski definition) is 3. The lowest BCUT2D eigenvalue weighted by Crippen LogP contribution is -2.15. The molecule has 0 bridgehead atoms. The van der Waals surface area contributed by atoms with Crippen LogP contribution < -0.4 is 9.47 Å². The molecule has 0 radical (unpaired) electrons. The number of hydrogen-bond donors (Lipinski definition) is 0. The molecule has 1 saturated carbocycles. The van der Waals surface area contributed by atoms with Gasteiger partial charge in [0.1, 0.15) is 11.5 Å². The summed E-state index contributed by atoms with van der Waals surface area (Å²) >= 11 is 0. The topological polar surface area (TPSA) is 35.5 Å². The normalized spacial score (nSPS) is 17.2. The first-order valence-electron chi connectivity index (χ1n) is 15.3. The molecule has 1 fully saturated rings. The average molecular weight is 519 g/mol. The van der Waals surface area contributed by atoms with Gasteiger partial charge < -0.3 is 9.47 Å². The maximum atomic E-state index is 12.6. The molecule has 0 atom stereocenters. The van der Waals surface area contributed by atoms with Gasteiger partial charge in [0.05, 0.1) is 12.2 Å². The zero-order chi connectivity index (χ0) is 26.8. The van der Waals surface area contributed by atoms with Crippen molar-refractivity contribution in [1.29, 1.82) is 0 Å². The maximum absolute atomic E-state index is 12.6. The van der Waals surface area contributed by atoms with Crippen LogP contribution in [0.4, 0.5) is 0 Å². The van der Waals surface area contributed by atoms with E-state index in [0.29, 0.717) is 17.9 Å². The molecule has 3 heteroatoms. The Morgan fingerprint density at radius 3 is 2.11 bits per heavy atom. The van der Waals surface area contributed by atoms with Crippen LogP contribution in [0.5, 0.6) is 11.5 Å². The van der Waals surface area contributed by atoms with Crippen molar-refractivity contribution in [1.82, 2.24) is 0 Å². The number of rotatable bonds is 18. The van der Waals surface area contributed by atoms with Gasteiger partial charge in [0.15, 0.2) is 0 Å². The number of esters is 1. The lowest BCUT2D eigenvalue weighted by atomic mass is 9.78. The molecule has 0 aliphatic heterocycles. The number of allylic oxidation sites excluding steroid dienone is 1. The Morgan fingerprint density at radius 1 is 0.789 bits per heavy atom. The van der Waals surface area contributed by atoms with Gasteiger partial charge in [0.2, 0.25) is 0 Å². The second-order valence-electron chi connectivity index (χ2n) is 11.2. The highest BCUT2D eigenvalue weighted by Gasteiger charge is 2.20. The van der Waals surface area contributed by atoms with Crippen LogP contribution in [0.15, 0.2) is 61.2 Å². The minimum absolute atomic E-state index is 0.334. The zero-order valence-corrected chi connectivity index (χ0v) is 23.8. The predicted molar refractivity (Wildman–Crippen MR) is 159 cm³/mol. The molecule has 1 aliphatic carbocycles. The van der Waals surface area contributed by atoms with Gasteiger partial charge in [0, 0.05) is 0 Å². The Labute approximate surface area is 232 Å². The van der Waals surface area contributed by atoms with E-state index in [0.717, 1.165) is 36.8 Å². The third-order valence-corrected chi connectivity index (χ3v) is 8.07. The second-order valence-corrected chi connectivity index (χ2v) is 11.2. The molecule has 1 aliphatic rings. The summed E-state index contributed by atoms with van der Waals surface area (Å²) < 4.78 is 11.4. The van der Waals surface area contributed by atoms with Gasteiger partial charge in [-0.3, -0.25) is 0 Å². The molecule has 0 heterocycles. The van der Waals surface area contributed by atoms with Crippen molar-refractivity contribution in [3.05, 3.63) is 72.3 Å². The number of benzene rings is 2. The minimum atomic E-state index is -0.334. The van der Waals surface area contributed by atoms with Crippen LogP contribution in [0.1, 0.15) is 119 Å². The molecule has 3 nitrogen and oxygen atoms in total. The van der Waals surface area contributed by atoms with Crippen molar-refractivity contribution in [2.24, 2.45) is 11.8 Å². The molecule has 208 valence electrons. The summed E-state index contributed by atoms with van der Waals surface area (Å²) in [5.74, 6) is 2.90. The van der Waals surface area contributed by atoms with Gasteiger partial charge in [-0.15, -0.1) is 6.58 Å². The SMILES string of the molecule is C=CCCCCCCCOc1ccc(C(=O)Oc2ccc(CC[C@H]3CC[C@H](CCCCC)CC3)cc2)cc1. The van der Waals surface area contributed by atoms with E-state index in [-0.39, 0.29) is 5.97 Å². The van der Waals surface area contributed by atoms with Crippen LogP contribution in [-0.4, -0.2) is 12.6 Å². The zero-order valence-electron chi connectivity index (χ0n) is 23.8. The summed E-state index contributed by atoms with van der Waals surface area (Å²) in [6.07, 6.45) is 22.6. The van der Waals surface area contributed by atoms with Crippen molar-refractivity contribution in [2.45, 2.75) is 110 Å². The summed E-state index contributed by atoms with van der Waals surface area (Å²) in [5.41, 5.74) is 1.86. The maximum Gasteiger partial charge on any atom is 0.343 e. The first kappa shape index (κ1) is 30.0. The first-order chi connectivity index (χ1) is 18.7. The van der Waals surface area contributed by atoms with E-state index in [1.807, 2.05) is 30.3 Å². The molecule has 0 N–H and O–H groups in total. The number of carbonyl (C=O) groups excluding carboxylic acids is 1. The highest BCUT2D eigenvalue weighted by molar-refractivity contribution is 5.91. The minimum Gasteiger partial charge on any atom is -0.494 e. The number of carbonyl (C=O) groups is 1. The number of aryl methyl sites for hydroxylation is 1. The summed E-state index contributed by atoms with van der Waals surface area (Å²) in [7, 11) is 0. The lowest BCUT2D eigenvalue weighted by Gasteiger charge is -2.28. The van der Waals surface area contributed by atoms with Gasteiger partial charge in [-0.25, -0.2) is 4.79 Å². The molecule has 0 saturated heterocycles. The standard InChI is InChI=1S/C35H50O3/c1-3-5-7-8-9-10-12-28-37-33-26-22-32(23-27-33)35(36)38-34-24-20-31(21-25-34)19-18-30-16-14-29(15-17-30)13-11-6-4-2/h3,20-27,29-30H,1,4-19,28H2,2H3/t29-,30-. The van der Waals surface area contributed by atoms with Crippen molar-refractivity contribution < 1.29 is 14.3 Å². The van der Waals surface area contributed by atoms with Crippen LogP contribution in [0, 0.1) is 11.8 Å². The Balaban J connectivity index is 1.31. The van der Waals surface area contributed by atoms with Crippen molar-refractivity contribution in [3.63, 3.8) is 0 Å². The van der Waals surface area contributed by atoms with Crippen molar-refractivity contribution >= 4 is 5.97 Å². The van der Waals surface area contributed by atoms with E-state index in [2.05, 4.69) is 25.6 Å². The molecule has 3 rings (SSSR count). The summed E-state index contributed by atoms with van der Waals surface area (Å²) in [4.78, 5) is 12.6. The van der Waals surface area contributed by atoms with Crippen LogP contribution in [-0.2, 0) is 6.42 Å². The fraction of sp³-hybridized carbons (Fsp3) is 0.571. The molecule has 38 heavy (non-hydrogen) atoms. The number of ether oxygens (including phenoxy) is 2. The smallest absolute Gasteiger partial charge is 0.343 e. The van der Waals surface area contributed by atoms with Crippen molar-refractivity contribution in [3.8, 4) is 11.5 Å². The molecule has 0 unspecified atom stereocenters. The Kier molecular flexibility index (Phi) is 14.1. The van der Waals surface area contributed by atoms with Gasteiger partial charge in [-0.2, -0.15) is 0 Å². The van der Waals surface area contributed by atoms with E-state index in [9.17, 15) is 4.79 Å².